The summed E-state index contributed by atoms with van der Waals surface area (Å²) in [4.78, 5) is 0. The standard InChI is InChI=1S/C12H15ClFNO/c13-11-3-2-9(14)8-10(11)12(16)4-1-6-15-7-5-12/h2-3,8,15-16H,1,4-7H2. The molecule has 1 atom stereocenters. The van der Waals surface area contributed by atoms with Crippen LogP contribution >= 0.6 is 11.6 Å². The van der Waals surface area contributed by atoms with Crippen LogP contribution < -0.4 is 5.32 Å². The summed E-state index contributed by atoms with van der Waals surface area (Å²) in [6, 6.07) is 4.15. The van der Waals surface area contributed by atoms with E-state index in [4.69, 9.17) is 11.6 Å². The summed E-state index contributed by atoms with van der Waals surface area (Å²) >= 11 is 6.03. The smallest absolute Gasteiger partial charge is 0.123 e. The second kappa shape index (κ2) is 4.70. The first-order chi connectivity index (χ1) is 7.62. The van der Waals surface area contributed by atoms with Crippen LogP contribution in [-0.2, 0) is 5.60 Å². The lowest BCUT2D eigenvalue weighted by atomic mass is 9.87. The Morgan fingerprint density at radius 3 is 2.94 bits per heavy atom. The Morgan fingerprint density at radius 2 is 2.12 bits per heavy atom. The Morgan fingerprint density at radius 1 is 1.31 bits per heavy atom. The Balaban J connectivity index is 2.36. The summed E-state index contributed by atoms with van der Waals surface area (Å²) in [5, 5.41) is 14.2. The van der Waals surface area contributed by atoms with Crippen molar-refractivity contribution in [2.24, 2.45) is 0 Å². The maximum absolute atomic E-state index is 13.2. The van der Waals surface area contributed by atoms with Crippen molar-refractivity contribution in [3.8, 4) is 0 Å². The van der Waals surface area contributed by atoms with Gasteiger partial charge in [-0.15, -0.1) is 0 Å². The van der Waals surface area contributed by atoms with Gasteiger partial charge in [-0.05, 0) is 50.6 Å². The van der Waals surface area contributed by atoms with Crippen LogP contribution in [-0.4, -0.2) is 18.2 Å². The molecule has 88 valence electrons. The highest BCUT2D eigenvalue weighted by Crippen LogP contribution is 2.35. The molecule has 1 saturated heterocycles. The molecule has 1 unspecified atom stereocenters. The molecule has 0 spiro atoms. The van der Waals surface area contributed by atoms with Gasteiger partial charge in [0.05, 0.1) is 5.60 Å². The molecular formula is C12H15ClFNO. The van der Waals surface area contributed by atoms with Crippen molar-refractivity contribution >= 4 is 11.6 Å². The van der Waals surface area contributed by atoms with Crippen molar-refractivity contribution in [1.29, 1.82) is 0 Å². The van der Waals surface area contributed by atoms with E-state index in [1.807, 2.05) is 0 Å². The van der Waals surface area contributed by atoms with E-state index in [0.717, 1.165) is 19.5 Å². The summed E-state index contributed by atoms with van der Waals surface area (Å²) in [5.74, 6) is -0.356. The normalized spacial score (nSPS) is 26.4. The molecule has 0 aliphatic carbocycles. The number of hydrogen-bond acceptors (Lipinski definition) is 2. The van der Waals surface area contributed by atoms with Gasteiger partial charge < -0.3 is 10.4 Å². The number of benzene rings is 1. The van der Waals surface area contributed by atoms with Crippen molar-refractivity contribution in [2.75, 3.05) is 13.1 Å². The van der Waals surface area contributed by atoms with E-state index in [1.54, 1.807) is 0 Å². The third kappa shape index (κ3) is 2.37. The zero-order valence-electron chi connectivity index (χ0n) is 8.97. The van der Waals surface area contributed by atoms with E-state index < -0.39 is 5.60 Å². The lowest BCUT2D eigenvalue weighted by Gasteiger charge is -2.27. The van der Waals surface area contributed by atoms with Gasteiger partial charge in [0.2, 0.25) is 0 Å². The largest absolute Gasteiger partial charge is 0.385 e. The number of hydrogen-bond donors (Lipinski definition) is 2. The molecule has 1 aromatic rings. The molecule has 1 aromatic carbocycles. The maximum Gasteiger partial charge on any atom is 0.123 e. The number of halogens is 2. The Labute approximate surface area is 99.4 Å². The van der Waals surface area contributed by atoms with Gasteiger partial charge in [-0.3, -0.25) is 0 Å². The van der Waals surface area contributed by atoms with Crippen molar-refractivity contribution < 1.29 is 9.50 Å². The molecule has 1 heterocycles. The van der Waals surface area contributed by atoms with E-state index in [9.17, 15) is 9.50 Å². The van der Waals surface area contributed by atoms with Gasteiger partial charge in [0, 0.05) is 10.6 Å². The van der Waals surface area contributed by atoms with Gasteiger partial charge in [0.15, 0.2) is 0 Å². The highest BCUT2D eigenvalue weighted by molar-refractivity contribution is 6.31. The Hall–Kier alpha value is -0.640. The molecule has 2 nitrogen and oxygen atoms in total. The fraction of sp³-hybridized carbons (Fsp3) is 0.500. The Bertz CT molecular complexity index is 375. The molecule has 0 saturated carbocycles. The minimum Gasteiger partial charge on any atom is -0.385 e. The first-order valence-corrected chi connectivity index (χ1v) is 5.88. The van der Waals surface area contributed by atoms with Gasteiger partial charge in [-0.25, -0.2) is 4.39 Å². The number of aliphatic hydroxyl groups is 1. The first-order valence-electron chi connectivity index (χ1n) is 5.50. The molecule has 2 N–H and O–H groups in total. The van der Waals surface area contributed by atoms with Crippen molar-refractivity contribution in [3.63, 3.8) is 0 Å². The molecule has 1 aliphatic heterocycles. The second-order valence-electron chi connectivity index (χ2n) is 4.26. The average Bonchev–Trinajstić information content (AvgIpc) is 2.48. The van der Waals surface area contributed by atoms with Gasteiger partial charge in [-0.1, -0.05) is 11.6 Å². The van der Waals surface area contributed by atoms with E-state index in [2.05, 4.69) is 5.32 Å². The van der Waals surface area contributed by atoms with Crippen LogP contribution in [0, 0.1) is 5.82 Å². The van der Waals surface area contributed by atoms with Gasteiger partial charge >= 0.3 is 0 Å². The van der Waals surface area contributed by atoms with Crippen LogP contribution in [0.15, 0.2) is 18.2 Å². The quantitative estimate of drug-likeness (QED) is 0.794. The summed E-state index contributed by atoms with van der Waals surface area (Å²) in [5.41, 5.74) is -0.485. The molecule has 4 heteroatoms. The lowest BCUT2D eigenvalue weighted by Crippen LogP contribution is -2.27. The predicted octanol–water partition coefficient (Wildman–Crippen LogP) is 2.44. The minimum atomic E-state index is -0.997. The fourth-order valence-corrected chi connectivity index (χ4v) is 2.47. The molecule has 2 rings (SSSR count). The van der Waals surface area contributed by atoms with E-state index in [1.165, 1.54) is 18.2 Å². The second-order valence-corrected chi connectivity index (χ2v) is 4.67. The molecule has 0 aromatic heterocycles. The highest BCUT2D eigenvalue weighted by Gasteiger charge is 2.32. The lowest BCUT2D eigenvalue weighted by molar-refractivity contribution is 0.0238. The topological polar surface area (TPSA) is 32.3 Å². The summed E-state index contributed by atoms with van der Waals surface area (Å²) in [6.45, 7) is 1.61. The first kappa shape index (κ1) is 11.8. The van der Waals surface area contributed by atoms with E-state index in [0.29, 0.717) is 23.4 Å². The third-order valence-corrected chi connectivity index (χ3v) is 3.42. The average molecular weight is 244 g/mol. The monoisotopic (exact) mass is 243 g/mol. The van der Waals surface area contributed by atoms with Crippen LogP contribution in [0.4, 0.5) is 4.39 Å². The molecular weight excluding hydrogens is 229 g/mol. The molecule has 0 radical (unpaired) electrons. The molecule has 1 aliphatic rings. The van der Waals surface area contributed by atoms with Crippen molar-refractivity contribution in [3.05, 3.63) is 34.6 Å². The van der Waals surface area contributed by atoms with Crippen LogP contribution in [0.3, 0.4) is 0 Å². The van der Waals surface area contributed by atoms with Crippen LogP contribution in [0.5, 0.6) is 0 Å². The molecule has 0 amide bonds. The van der Waals surface area contributed by atoms with Crippen LogP contribution in [0.1, 0.15) is 24.8 Å². The van der Waals surface area contributed by atoms with Crippen molar-refractivity contribution in [2.45, 2.75) is 24.9 Å². The Kier molecular flexibility index (Phi) is 3.47. The zero-order valence-corrected chi connectivity index (χ0v) is 9.73. The summed E-state index contributed by atoms with van der Waals surface area (Å²) in [7, 11) is 0. The zero-order chi connectivity index (χ0) is 11.6. The van der Waals surface area contributed by atoms with Gasteiger partial charge in [0.1, 0.15) is 5.82 Å². The highest BCUT2D eigenvalue weighted by atomic mass is 35.5. The number of nitrogens with one attached hydrogen (secondary N) is 1. The van der Waals surface area contributed by atoms with Gasteiger partial charge in [0.25, 0.3) is 0 Å². The molecule has 0 bridgehead atoms. The fourth-order valence-electron chi connectivity index (χ4n) is 2.17. The van der Waals surface area contributed by atoms with Crippen LogP contribution in [0.25, 0.3) is 0 Å². The van der Waals surface area contributed by atoms with E-state index >= 15 is 0 Å². The van der Waals surface area contributed by atoms with Crippen LogP contribution in [0.2, 0.25) is 5.02 Å². The van der Waals surface area contributed by atoms with Gasteiger partial charge in [-0.2, -0.15) is 0 Å². The SMILES string of the molecule is OC1(c2cc(F)ccc2Cl)CCCNCC1. The van der Waals surface area contributed by atoms with Crippen molar-refractivity contribution in [1.82, 2.24) is 5.32 Å². The predicted molar refractivity (Wildman–Crippen MR) is 62.0 cm³/mol. The van der Waals surface area contributed by atoms with E-state index in [-0.39, 0.29) is 5.82 Å². The summed E-state index contributed by atoms with van der Waals surface area (Å²) in [6.07, 6.45) is 2.04. The summed E-state index contributed by atoms with van der Waals surface area (Å²) < 4.78 is 13.2. The number of rotatable bonds is 1. The molecule has 1 fully saturated rings. The maximum atomic E-state index is 13.2. The minimum absolute atomic E-state index is 0.356. The third-order valence-electron chi connectivity index (χ3n) is 3.09. The molecule has 16 heavy (non-hydrogen) atoms.